The lowest BCUT2D eigenvalue weighted by atomic mass is 10.0. The molecule has 0 bridgehead atoms. The first kappa shape index (κ1) is 15.6. The molecule has 3 rings (SSSR count). The summed E-state index contributed by atoms with van der Waals surface area (Å²) < 4.78 is 7.07. The predicted octanol–water partition coefficient (Wildman–Crippen LogP) is 1.71. The van der Waals surface area contributed by atoms with E-state index < -0.39 is 0 Å². The predicted molar refractivity (Wildman–Crippen MR) is 81.5 cm³/mol. The van der Waals surface area contributed by atoms with Gasteiger partial charge >= 0.3 is 0 Å². The van der Waals surface area contributed by atoms with Gasteiger partial charge in [-0.1, -0.05) is 25.4 Å². The zero-order valence-corrected chi connectivity index (χ0v) is 13.8. The molecule has 0 radical (unpaired) electrons. The Morgan fingerprint density at radius 3 is 3.04 bits per heavy atom. The first-order valence-electron chi connectivity index (χ1n) is 8.02. The van der Waals surface area contributed by atoms with Gasteiger partial charge in [-0.05, 0) is 29.2 Å². The summed E-state index contributed by atoms with van der Waals surface area (Å²) in [6, 6.07) is 1.91. The summed E-state index contributed by atoms with van der Waals surface area (Å²) in [6.07, 6.45) is 2.75. The summed E-state index contributed by atoms with van der Waals surface area (Å²) in [5.41, 5.74) is 0.902. The lowest BCUT2D eigenvalue weighted by Crippen LogP contribution is -2.32. The molecule has 0 aliphatic carbocycles. The number of carbonyl (C=O) groups is 1. The van der Waals surface area contributed by atoms with Crippen LogP contribution in [-0.2, 0) is 17.9 Å². The van der Waals surface area contributed by atoms with Crippen LogP contribution in [0.4, 0.5) is 0 Å². The van der Waals surface area contributed by atoms with Crippen LogP contribution in [0.15, 0.2) is 10.6 Å². The molecule has 124 valence electrons. The van der Waals surface area contributed by atoms with Gasteiger partial charge in [0.2, 0.25) is 5.91 Å². The number of rotatable bonds is 4. The van der Waals surface area contributed by atoms with Gasteiger partial charge in [0.25, 0.3) is 0 Å². The highest BCUT2D eigenvalue weighted by molar-refractivity contribution is 5.82. The molecule has 1 aliphatic rings. The van der Waals surface area contributed by atoms with Crippen LogP contribution in [0.5, 0.6) is 0 Å². The number of aryl methyl sites for hydroxylation is 1. The lowest BCUT2D eigenvalue weighted by molar-refractivity contribution is -0.132. The van der Waals surface area contributed by atoms with Crippen LogP contribution in [0.2, 0.25) is 0 Å². The zero-order valence-electron chi connectivity index (χ0n) is 13.8. The first-order chi connectivity index (χ1) is 11.1. The number of likely N-dealkylation sites (N-methyl/N-ethyl adjacent to an activating group) is 1. The molecule has 0 aromatic carbocycles. The molecule has 0 spiro atoms. The molecule has 23 heavy (non-hydrogen) atoms. The quantitative estimate of drug-likeness (QED) is 0.852. The molecule has 2 aromatic heterocycles. The van der Waals surface area contributed by atoms with E-state index in [0.29, 0.717) is 24.0 Å². The summed E-state index contributed by atoms with van der Waals surface area (Å²) in [5.74, 6) is 1.40. The fourth-order valence-corrected chi connectivity index (χ4v) is 2.85. The smallest absolute Gasteiger partial charge is 0.233 e. The Morgan fingerprint density at radius 1 is 1.48 bits per heavy atom. The maximum Gasteiger partial charge on any atom is 0.233 e. The number of fused-ring (bicyclic) bond motifs is 1. The van der Waals surface area contributed by atoms with Gasteiger partial charge in [-0.2, -0.15) is 0 Å². The Bertz CT molecular complexity index is 677. The van der Waals surface area contributed by atoms with Crippen LogP contribution in [0.25, 0.3) is 0 Å². The monoisotopic (exact) mass is 318 g/mol. The van der Waals surface area contributed by atoms with Crippen molar-refractivity contribution < 1.29 is 9.32 Å². The van der Waals surface area contributed by atoms with Crippen molar-refractivity contribution in [1.82, 2.24) is 30.3 Å². The number of tetrazole rings is 1. The minimum Gasteiger partial charge on any atom is -0.359 e. The number of aromatic nitrogens is 5. The van der Waals surface area contributed by atoms with Crippen molar-refractivity contribution in [2.24, 2.45) is 0 Å². The van der Waals surface area contributed by atoms with Gasteiger partial charge in [-0.3, -0.25) is 4.79 Å². The zero-order chi connectivity index (χ0) is 16.4. The van der Waals surface area contributed by atoms with Gasteiger partial charge in [0.1, 0.15) is 0 Å². The second kappa shape index (κ2) is 6.47. The molecule has 3 heterocycles. The van der Waals surface area contributed by atoms with E-state index in [1.54, 1.807) is 16.6 Å². The van der Waals surface area contributed by atoms with E-state index in [2.05, 4.69) is 34.5 Å². The second-order valence-corrected chi connectivity index (χ2v) is 6.38. The van der Waals surface area contributed by atoms with Crippen molar-refractivity contribution in [3.63, 3.8) is 0 Å². The summed E-state index contributed by atoms with van der Waals surface area (Å²) in [6.45, 7) is 5.29. The van der Waals surface area contributed by atoms with Crippen molar-refractivity contribution in [2.45, 2.75) is 58.0 Å². The molecule has 8 heteroatoms. The normalized spacial score (nSPS) is 17.8. The van der Waals surface area contributed by atoms with E-state index in [1.807, 2.05) is 6.07 Å². The van der Waals surface area contributed by atoms with Gasteiger partial charge in [0, 0.05) is 19.7 Å². The topological polar surface area (TPSA) is 89.9 Å². The van der Waals surface area contributed by atoms with Crippen molar-refractivity contribution >= 4 is 5.91 Å². The molecule has 0 fully saturated rings. The Balaban J connectivity index is 1.72. The summed E-state index contributed by atoms with van der Waals surface area (Å²) in [4.78, 5) is 14.5. The highest BCUT2D eigenvalue weighted by Gasteiger charge is 2.31. The first-order valence-corrected chi connectivity index (χ1v) is 8.02. The van der Waals surface area contributed by atoms with Crippen LogP contribution in [0.3, 0.4) is 0 Å². The van der Waals surface area contributed by atoms with Gasteiger partial charge in [-0.25, -0.2) is 4.68 Å². The van der Waals surface area contributed by atoms with Crippen LogP contribution < -0.4 is 0 Å². The molecule has 1 atom stereocenters. The molecular formula is C15H22N6O2. The van der Waals surface area contributed by atoms with Crippen molar-refractivity contribution in [3.05, 3.63) is 23.3 Å². The highest BCUT2D eigenvalue weighted by atomic mass is 16.5. The molecule has 0 unspecified atom stereocenters. The van der Waals surface area contributed by atoms with Crippen molar-refractivity contribution in [2.75, 3.05) is 7.05 Å². The average molecular weight is 318 g/mol. The number of hydrogen-bond donors (Lipinski definition) is 0. The molecule has 1 amide bonds. The van der Waals surface area contributed by atoms with E-state index in [4.69, 9.17) is 4.52 Å². The third-order valence-electron chi connectivity index (χ3n) is 4.22. The Labute approximate surface area is 134 Å². The summed E-state index contributed by atoms with van der Waals surface area (Å²) >= 11 is 0. The summed E-state index contributed by atoms with van der Waals surface area (Å²) in [7, 11) is 1.78. The van der Waals surface area contributed by atoms with E-state index in [0.717, 1.165) is 31.5 Å². The van der Waals surface area contributed by atoms with Gasteiger partial charge in [0.15, 0.2) is 11.6 Å². The SMILES string of the molecule is CC(C)c1cc(CN(C)C(=O)[C@@H]2CCCCn3nnnc32)on1. The Hall–Kier alpha value is -2.25. The summed E-state index contributed by atoms with van der Waals surface area (Å²) in [5, 5.41) is 15.8. The maximum atomic E-state index is 12.8. The molecule has 0 saturated carbocycles. The average Bonchev–Trinajstić information content (AvgIpc) is 3.13. The highest BCUT2D eigenvalue weighted by Crippen LogP contribution is 2.26. The second-order valence-electron chi connectivity index (χ2n) is 6.38. The molecular weight excluding hydrogens is 296 g/mol. The van der Waals surface area contributed by atoms with E-state index in [1.165, 1.54) is 0 Å². The van der Waals surface area contributed by atoms with Gasteiger partial charge in [0.05, 0.1) is 18.2 Å². The Kier molecular flexibility index (Phi) is 4.40. The Morgan fingerprint density at radius 2 is 2.30 bits per heavy atom. The molecule has 0 saturated heterocycles. The van der Waals surface area contributed by atoms with E-state index >= 15 is 0 Å². The molecule has 8 nitrogen and oxygen atoms in total. The van der Waals surface area contributed by atoms with Gasteiger partial charge < -0.3 is 9.42 Å². The van der Waals surface area contributed by atoms with Crippen LogP contribution in [0, 0.1) is 0 Å². The number of nitrogens with zero attached hydrogens (tertiary/aromatic N) is 6. The van der Waals surface area contributed by atoms with Gasteiger partial charge in [-0.15, -0.1) is 5.10 Å². The number of hydrogen-bond acceptors (Lipinski definition) is 6. The van der Waals surface area contributed by atoms with Crippen molar-refractivity contribution in [1.29, 1.82) is 0 Å². The molecule has 1 aliphatic heterocycles. The van der Waals surface area contributed by atoms with E-state index in [-0.39, 0.29) is 11.8 Å². The lowest BCUT2D eigenvalue weighted by Gasteiger charge is -2.20. The largest absolute Gasteiger partial charge is 0.359 e. The minimum atomic E-state index is -0.287. The minimum absolute atomic E-state index is 0.0189. The van der Waals surface area contributed by atoms with Crippen LogP contribution in [0.1, 0.15) is 62.2 Å². The number of carbonyl (C=O) groups excluding carboxylic acids is 1. The third-order valence-corrected chi connectivity index (χ3v) is 4.22. The van der Waals surface area contributed by atoms with Crippen LogP contribution in [-0.4, -0.2) is 43.2 Å². The molecule has 0 N–H and O–H groups in total. The fourth-order valence-electron chi connectivity index (χ4n) is 2.85. The standard InChI is InChI=1S/C15H22N6O2/c1-10(2)13-8-11(23-17-13)9-20(3)15(22)12-6-4-5-7-21-14(12)16-18-19-21/h8,10,12H,4-7,9H2,1-3H3/t12-/m1/s1. The van der Waals surface area contributed by atoms with Crippen molar-refractivity contribution in [3.8, 4) is 0 Å². The van der Waals surface area contributed by atoms with E-state index in [9.17, 15) is 4.79 Å². The number of amides is 1. The van der Waals surface area contributed by atoms with Crippen LogP contribution >= 0.6 is 0 Å². The fraction of sp³-hybridized carbons (Fsp3) is 0.667. The molecule has 2 aromatic rings. The maximum absolute atomic E-state index is 12.8. The third kappa shape index (κ3) is 3.25.